The summed E-state index contributed by atoms with van der Waals surface area (Å²) in [7, 11) is 0. The lowest BCUT2D eigenvalue weighted by atomic mass is 10.1. The monoisotopic (exact) mass is 410 g/mol. The zero-order chi connectivity index (χ0) is 21.8. The summed E-state index contributed by atoms with van der Waals surface area (Å²) in [4.78, 5) is 35.9. The van der Waals surface area contributed by atoms with Crippen LogP contribution in [0.15, 0.2) is 54.6 Å². The van der Waals surface area contributed by atoms with Crippen molar-refractivity contribution in [2.75, 3.05) is 11.9 Å². The van der Waals surface area contributed by atoms with Crippen LogP contribution >= 0.6 is 0 Å². The van der Waals surface area contributed by atoms with Crippen LogP contribution in [0.4, 0.5) is 5.69 Å². The van der Waals surface area contributed by atoms with E-state index < -0.39 is 0 Å². The van der Waals surface area contributed by atoms with Crippen LogP contribution in [0.3, 0.4) is 0 Å². The number of hydrogen-bond acceptors (Lipinski definition) is 4. The SMILES string of the molecule is CCC(C)NC(=O)c1ccc(NC(=O)CCC(=O)OCCCc2ccccc2)cc1. The van der Waals surface area contributed by atoms with Gasteiger partial charge in [0.15, 0.2) is 0 Å². The number of nitrogens with one attached hydrogen (secondary N) is 2. The van der Waals surface area contributed by atoms with Crippen LogP contribution in [0.5, 0.6) is 0 Å². The molecule has 6 nitrogen and oxygen atoms in total. The van der Waals surface area contributed by atoms with Crippen LogP contribution in [-0.4, -0.2) is 30.4 Å². The van der Waals surface area contributed by atoms with E-state index in [9.17, 15) is 14.4 Å². The van der Waals surface area contributed by atoms with Crippen molar-refractivity contribution in [3.8, 4) is 0 Å². The van der Waals surface area contributed by atoms with E-state index in [4.69, 9.17) is 4.74 Å². The normalized spacial score (nSPS) is 11.4. The van der Waals surface area contributed by atoms with E-state index in [1.165, 1.54) is 5.56 Å². The number of anilines is 1. The first-order chi connectivity index (χ1) is 14.5. The van der Waals surface area contributed by atoms with Crippen LogP contribution in [0.1, 0.15) is 55.5 Å². The Morgan fingerprint density at radius 3 is 2.33 bits per heavy atom. The Morgan fingerprint density at radius 2 is 1.67 bits per heavy atom. The Hall–Kier alpha value is -3.15. The second-order valence-electron chi connectivity index (χ2n) is 7.22. The van der Waals surface area contributed by atoms with Gasteiger partial charge in [-0.3, -0.25) is 14.4 Å². The number of carbonyl (C=O) groups is 3. The summed E-state index contributed by atoms with van der Waals surface area (Å²) in [5, 5.41) is 5.62. The molecule has 2 aromatic rings. The largest absolute Gasteiger partial charge is 0.466 e. The van der Waals surface area contributed by atoms with E-state index >= 15 is 0 Å². The minimum Gasteiger partial charge on any atom is -0.466 e. The Bertz CT molecular complexity index is 819. The van der Waals surface area contributed by atoms with Crippen molar-refractivity contribution in [1.29, 1.82) is 0 Å². The number of hydrogen-bond donors (Lipinski definition) is 2. The fourth-order valence-corrected chi connectivity index (χ4v) is 2.73. The van der Waals surface area contributed by atoms with Crippen LogP contribution in [-0.2, 0) is 20.7 Å². The van der Waals surface area contributed by atoms with Crippen molar-refractivity contribution in [2.24, 2.45) is 0 Å². The van der Waals surface area contributed by atoms with Gasteiger partial charge in [0, 0.05) is 23.7 Å². The number of rotatable bonds is 11. The molecule has 0 radical (unpaired) electrons. The predicted octanol–water partition coefficient (Wildman–Crippen LogP) is 4.11. The zero-order valence-electron chi connectivity index (χ0n) is 17.6. The van der Waals surface area contributed by atoms with E-state index in [1.54, 1.807) is 24.3 Å². The molecule has 160 valence electrons. The zero-order valence-corrected chi connectivity index (χ0v) is 17.6. The van der Waals surface area contributed by atoms with Gasteiger partial charge in [0.05, 0.1) is 13.0 Å². The predicted molar refractivity (Wildman–Crippen MR) is 117 cm³/mol. The third kappa shape index (κ3) is 8.47. The number of amides is 2. The van der Waals surface area contributed by atoms with Gasteiger partial charge in [-0.15, -0.1) is 0 Å². The maximum atomic E-state index is 12.1. The maximum Gasteiger partial charge on any atom is 0.306 e. The molecule has 30 heavy (non-hydrogen) atoms. The molecule has 0 aliphatic heterocycles. The van der Waals surface area contributed by atoms with Gasteiger partial charge in [-0.2, -0.15) is 0 Å². The number of carbonyl (C=O) groups excluding carboxylic acids is 3. The van der Waals surface area contributed by atoms with Crippen molar-refractivity contribution < 1.29 is 19.1 Å². The molecule has 0 aliphatic carbocycles. The lowest BCUT2D eigenvalue weighted by Gasteiger charge is -2.11. The Morgan fingerprint density at radius 1 is 0.967 bits per heavy atom. The number of esters is 1. The van der Waals surface area contributed by atoms with Crippen LogP contribution in [0.25, 0.3) is 0 Å². The minimum absolute atomic E-state index is 0.0343. The summed E-state index contributed by atoms with van der Waals surface area (Å²) < 4.78 is 5.18. The highest BCUT2D eigenvalue weighted by molar-refractivity contribution is 5.96. The second kappa shape index (κ2) is 12.4. The van der Waals surface area contributed by atoms with Crippen molar-refractivity contribution >= 4 is 23.5 Å². The summed E-state index contributed by atoms with van der Waals surface area (Å²) in [6.45, 7) is 4.29. The number of ether oxygens (including phenoxy) is 1. The topological polar surface area (TPSA) is 84.5 Å². The standard InChI is InChI=1S/C24H30N2O4/c1-3-18(2)25-24(29)20-11-13-21(14-12-20)26-22(27)15-16-23(28)30-17-7-10-19-8-5-4-6-9-19/h4-6,8-9,11-14,18H,3,7,10,15-17H2,1-2H3,(H,25,29)(H,26,27). The van der Waals surface area contributed by atoms with Gasteiger partial charge in [-0.25, -0.2) is 0 Å². The Balaban J connectivity index is 1.65. The smallest absolute Gasteiger partial charge is 0.306 e. The van der Waals surface area contributed by atoms with Gasteiger partial charge in [-0.05, 0) is 56.0 Å². The van der Waals surface area contributed by atoms with Crippen LogP contribution in [0.2, 0.25) is 0 Å². The van der Waals surface area contributed by atoms with Gasteiger partial charge < -0.3 is 15.4 Å². The second-order valence-corrected chi connectivity index (χ2v) is 7.22. The fourth-order valence-electron chi connectivity index (χ4n) is 2.73. The van der Waals surface area contributed by atoms with Crippen LogP contribution in [0, 0.1) is 0 Å². The highest BCUT2D eigenvalue weighted by atomic mass is 16.5. The molecule has 0 aromatic heterocycles. The highest BCUT2D eigenvalue weighted by Crippen LogP contribution is 2.11. The summed E-state index contributed by atoms with van der Waals surface area (Å²) in [6, 6.07) is 16.8. The number of benzene rings is 2. The fraction of sp³-hybridized carbons (Fsp3) is 0.375. The lowest BCUT2D eigenvalue weighted by Crippen LogP contribution is -2.31. The molecule has 1 unspecified atom stereocenters. The summed E-state index contributed by atoms with van der Waals surface area (Å²) >= 11 is 0. The van der Waals surface area contributed by atoms with Crippen molar-refractivity contribution in [2.45, 2.75) is 52.0 Å². The first-order valence-electron chi connectivity index (χ1n) is 10.4. The van der Waals surface area contributed by atoms with E-state index in [2.05, 4.69) is 10.6 Å². The molecule has 6 heteroatoms. The molecule has 0 spiro atoms. The van der Waals surface area contributed by atoms with Crippen molar-refractivity contribution in [3.63, 3.8) is 0 Å². The molecule has 0 saturated heterocycles. The molecule has 1 atom stereocenters. The lowest BCUT2D eigenvalue weighted by molar-refractivity contribution is -0.144. The van der Waals surface area contributed by atoms with E-state index in [0.29, 0.717) is 17.9 Å². The molecule has 0 fully saturated rings. The molecule has 2 rings (SSSR count). The minimum atomic E-state index is -0.379. The van der Waals surface area contributed by atoms with Gasteiger partial charge in [0.2, 0.25) is 5.91 Å². The summed E-state index contributed by atoms with van der Waals surface area (Å²) in [5.74, 6) is -0.791. The van der Waals surface area contributed by atoms with Gasteiger partial charge in [0.1, 0.15) is 0 Å². The first-order valence-corrected chi connectivity index (χ1v) is 10.4. The molecule has 0 aliphatic rings. The Labute approximate surface area is 178 Å². The molecule has 2 amide bonds. The maximum absolute atomic E-state index is 12.1. The molecular formula is C24H30N2O4. The quantitative estimate of drug-likeness (QED) is 0.431. The summed E-state index contributed by atoms with van der Waals surface area (Å²) in [6.07, 6.45) is 2.54. The molecule has 2 N–H and O–H groups in total. The Kier molecular flexibility index (Phi) is 9.58. The van der Waals surface area contributed by atoms with Crippen molar-refractivity contribution in [3.05, 3.63) is 65.7 Å². The van der Waals surface area contributed by atoms with Gasteiger partial charge in [0.25, 0.3) is 5.91 Å². The number of aryl methyl sites for hydroxylation is 1. The van der Waals surface area contributed by atoms with E-state index in [1.807, 2.05) is 44.2 Å². The molecule has 0 bridgehead atoms. The molecule has 2 aromatic carbocycles. The third-order valence-electron chi connectivity index (χ3n) is 4.69. The van der Waals surface area contributed by atoms with E-state index in [0.717, 1.165) is 19.3 Å². The average Bonchev–Trinajstić information content (AvgIpc) is 2.76. The molecular weight excluding hydrogens is 380 g/mol. The van der Waals surface area contributed by atoms with Crippen LogP contribution < -0.4 is 10.6 Å². The molecule has 0 heterocycles. The van der Waals surface area contributed by atoms with E-state index in [-0.39, 0.29) is 36.7 Å². The highest BCUT2D eigenvalue weighted by Gasteiger charge is 2.11. The first kappa shape index (κ1) is 23.1. The van der Waals surface area contributed by atoms with Gasteiger partial charge >= 0.3 is 5.97 Å². The van der Waals surface area contributed by atoms with Crippen molar-refractivity contribution in [1.82, 2.24) is 5.32 Å². The molecule has 0 saturated carbocycles. The average molecular weight is 411 g/mol. The van der Waals surface area contributed by atoms with Gasteiger partial charge in [-0.1, -0.05) is 37.3 Å². The summed E-state index contributed by atoms with van der Waals surface area (Å²) in [5.41, 5.74) is 2.32. The third-order valence-corrected chi connectivity index (χ3v) is 4.69.